The molecule has 130 valence electrons. The fourth-order valence-electron chi connectivity index (χ4n) is 1.73. The zero-order valence-corrected chi connectivity index (χ0v) is 12.5. The normalized spacial score (nSPS) is 11.5. The number of rotatable bonds is 8. The van der Waals surface area contributed by atoms with E-state index in [-0.39, 0.29) is 31.9 Å². The maximum Gasteiger partial charge on any atom is 0.411 e. The summed E-state index contributed by atoms with van der Waals surface area (Å²) in [4.78, 5) is 19.6. The summed E-state index contributed by atoms with van der Waals surface area (Å²) >= 11 is 0. The SMILES string of the molecule is O=C(CCc1nc(-c2ccncc2)no1)NCCOCC(F)(F)F. The molecule has 0 saturated carbocycles. The minimum atomic E-state index is -4.37. The smallest absolute Gasteiger partial charge is 0.370 e. The number of pyridine rings is 1. The van der Waals surface area contributed by atoms with Crippen LogP contribution in [0.25, 0.3) is 11.4 Å². The average molecular weight is 344 g/mol. The lowest BCUT2D eigenvalue weighted by Crippen LogP contribution is -2.29. The molecule has 2 rings (SSSR count). The van der Waals surface area contributed by atoms with Gasteiger partial charge in [0.05, 0.1) is 6.61 Å². The molecule has 0 radical (unpaired) electrons. The molecule has 2 aromatic heterocycles. The molecule has 0 aliphatic rings. The van der Waals surface area contributed by atoms with Crippen molar-refractivity contribution >= 4 is 5.91 Å². The minimum Gasteiger partial charge on any atom is -0.370 e. The van der Waals surface area contributed by atoms with Gasteiger partial charge in [-0.15, -0.1) is 0 Å². The fourth-order valence-corrected chi connectivity index (χ4v) is 1.73. The van der Waals surface area contributed by atoms with Crippen molar-refractivity contribution in [1.29, 1.82) is 0 Å². The molecule has 0 unspecified atom stereocenters. The number of ether oxygens (including phenoxy) is 1. The lowest BCUT2D eigenvalue weighted by Gasteiger charge is -2.08. The molecule has 1 amide bonds. The van der Waals surface area contributed by atoms with Crippen molar-refractivity contribution in [2.75, 3.05) is 19.8 Å². The third kappa shape index (κ3) is 6.32. The molecule has 0 aliphatic heterocycles. The van der Waals surface area contributed by atoms with Crippen LogP contribution in [0.15, 0.2) is 29.0 Å². The Balaban J connectivity index is 1.66. The van der Waals surface area contributed by atoms with Crippen molar-refractivity contribution in [2.45, 2.75) is 19.0 Å². The van der Waals surface area contributed by atoms with Gasteiger partial charge in [-0.3, -0.25) is 9.78 Å². The van der Waals surface area contributed by atoms with Crippen LogP contribution in [0.4, 0.5) is 13.2 Å². The van der Waals surface area contributed by atoms with E-state index < -0.39 is 12.8 Å². The first-order chi connectivity index (χ1) is 11.4. The van der Waals surface area contributed by atoms with Crippen molar-refractivity contribution < 1.29 is 27.2 Å². The van der Waals surface area contributed by atoms with Gasteiger partial charge >= 0.3 is 6.18 Å². The Hall–Kier alpha value is -2.49. The molecular formula is C14H15F3N4O3. The Morgan fingerprint density at radius 2 is 2.04 bits per heavy atom. The Kier molecular flexibility index (Phi) is 6.24. The van der Waals surface area contributed by atoms with E-state index in [1.165, 1.54) is 0 Å². The Morgan fingerprint density at radius 3 is 2.75 bits per heavy atom. The number of halogens is 3. The maximum absolute atomic E-state index is 11.8. The van der Waals surface area contributed by atoms with Crippen molar-refractivity contribution in [3.8, 4) is 11.4 Å². The van der Waals surface area contributed by atoms with Crippen molar-refractivity contribution in [2.24, 2.45) is 0 Å². The molecule has 0 saturated heterocycles. The summed E-state index contributed by atoms with van der Waals surface area (Å²) in [6.07, 6.45) is -0.863. The number of hydrogen-bond acceptors (Lipinski definition) is 6. The van der Waals surface area contributed by atoms with E-state index >= 15 is 0 Å². The summed E-state index contributed by atoms with van der Waals surface area (Å²) in [5.74, 6) is 0.355. The highest BCUT2D eigenvalue weighted by molar-refractivity contribution is 5.76. The molecule has 0 fully saturated rings. The van der Waals surface area contributed by atoms with Crippen molar-refractivity contribution in [1.82, 2.24) is 20.4 Å². The molecule has 0 spiro atoms. The topological polar surface area (TPSA) is 90.1 Å². The lowest BCUT2D eigenvalue weighted by molar-refractivity contribution is -0.173. The summed E-state index contributed by atoms with van der Waals surface area (Å²) in [5, 5.41) is 6.25. The van der Waals surface area contributed by atoms with Crippen molar-refractivity contribution in [3.05, 3.63) is 30.4 Å². The van der Waals surface area contributed by atoms with Crippen LogP contribution in [0.3, 0.4) is 0 Å². The number of amides is 1. The van der Waals surface area contributed by atoms with Gasteiger partial charge in [0.2, 0.25) is 17.6 Å². The molecule has 24 heavy (non-hydrogen) atoms. The number of alkyl halides is 3. The van der Waals surface area contributed by atoms with E-state index in [1.54, 1.807) is 24.5 Å². The quantitative estimate of drug-likeness (QED) is 0.734. The van der Waals surface area contributed by atoms with Gasteiger partial charge in [0.25, 0.3) is 0 Å². The summed E-state index contributed by atoms with van der Waals surface area (Å²) in [6, 6.07) is 3.45. The molecule has 0 bridgehead atoms. The molecule has 0 atom stereocenters. The van der Waals surface area contributed by atoms with E-state index in [1.807, 2.05) is 0 Å². The van der Waals surface area contributed by atoms with Gasteiger partial charge in [0, 0.05) is 37.3 Å². The number of nitrogens with one attached hydrogen (secondary N) is 1. The second kappa shape index (κ2) is 8.39. The number of aromatic nitrogens is 3. The van der Waals surface area contributed by atoms with Crippen LogP contribution < -0.4 is 5.32 Å². The molecule has 2 aromatic rings. The van der Waals surface area contributed by atoms with E-state index in [9.17, 15) is 18.0 Å². The van der Waals surface area contributed by atoms with Gasteiger partial charge in [-0.1, -0.05) is 5.16 Å². The van der Waals surface area contributed by atoms with E-state index in [4.69, 9.17) is 4.52 Å². The number of carbonyl (C=O) groups is 1. The van der Waals surface area contributed by atoms with Crippen LogP contribution in [0.2, 0.25) is 0 Å². The van der Waals surface area contributed by atoms with Crippen LogP contribution in [0.5, 0.6) is 0 Å². The standard InChI is InChI=1S/C14H15F3N4O3/c15-14(16,17)9-23-8-7-19-11(22)1-2-12-20-13(21-24-12)10-3-5-18-6-4-10/h3-6H,1-2,7-9H2,(H,19,22). The highest BCUT2D eigenvalue weighted by atomic mass is 19.4. The van der Waals surface area contributed by atoms with Gasteiger partial charge in [-0.2, -0.15) is 18.2 Å². The minimum absolute atomic E-state index is 0.00100. The summed E-state index contributed by atoms with van der Waals surface area (Å²) < 4.78 is 44.9. The number of aryl methyl sites for hydroxylation is 1. The third-order valence-electron chi connectivity index (χ3n) is 2.81. The number of nitrogens with zero attached hydrogens (tertiary/aromatic N) is 3. The van der Waals surface area contributed by atoms with E-state index in [0.29, 0.717) is 11.7 Å². The zero-order valence-electron chi connectivity index (χ0n) is 12.5. The molecular weight excluding hydrogens is 329 g/mol. The largest absolute Gasteiger partial charge is 0.411 e. The Labute approximate surface area is 135 Å². The molecule has 10 heteroatoms. The monoisotopic (exact) mass is 344 g/mol. The Bertz CT molecular complexity index is 646. The summed E-state index contributed by atoms with van der Waals surface area (Å²) in [5.41, 5.74) is 0.742. The van der Waals surface area contributed by atoms with Crippen molar-refractivity contribution in [3.63, 3.8) is 0 Å². The molecule has 0 aromatic carbocycles. The first-order valence-corrected chi connectivity index (χ1v) is 7.08. The van der Waals surface area contributed by atoms with Gasteiger partial charge < -0.3 is 14.6 Å². The van der Waals surface area contributed by atoms with Crippen LogP contribution in [0, 0.1) is 0 Å². The predicted octanol–water partition coefficient (Wildman–Crippen LogP) is 1.76. The highest BCUT2D eigenvalue weighted by Gasteiger charge is 2.27. The van der Waals surface area contributed by atoms with Crippen LogP contribution in [-0.2, 0) is 16.0 Å². The molecule has 2 heterocycles. The average Bonchev–Trinajstić information content (AvgIpc) is 3.01. The predicted molar refractivity (Wildman–Crippen MR) is 75.7 cm³/mol. The molecule has 7 nitrogen and oxygen atoms in total. The van der Waals surface area contributed by atoms with Crippen LogP contribution >= 0.6 is 0 Å². The Morgan fingerprint density at radius 1 is 1.29 bits per heavy atom. The first kappa shape index (κ1) is 17.9. The maximum atomic E-state index is 11.8. The van der Waals surface area contributed by atoms with Gasteiger partial charge in [-0.05, 0) is 12.1 Å². The first-order valence-electron chi connectivity index (χ1n) is 7.08. The summed E-state index contributed by atoms with van der Waals surface area (Å²) in [7, 11) is 0. The van der Waals surface area contributed by atoms with E-state index in [0.717, 1.165) is 5.56 Å². The second-order valence-corrected chi connectivity index (χ2v) is 4.77. The molecule has 1 N–H and O–H groups in total. The third-order valence-corrected chi connectivity index (χ3v) is 2.81. The number of hydrogen-bond donors (Lipinski definition) is 1. The fraction of sp³-hybridized carbons (Fsp3) is 0.429. The van der Waals surface area contributed by atoms with Crippen LogP contribution in [-0.4, -0.2) is 47.0 Å². The van der Waals surface area contributed by atoms with Gasteiger partial charge in [0.15, 0.2) is 0 Å². The number of carbonyl (C=O) groups excluding carboxylic acids is 1. The zero-order chi connectivity index (χ0) is 17.4. The van der Waals surface area contributed by atoms with Gasteiger partial charge in [0.1, 0.15) is 6.61 Å². The van der Waals surface area contributed by atoms with Gasteiger partial charge in [-0.25, -0.2) is 0 Å². The van der Waals surface area contributed by atoms with E-state index in [2.05, 4.69) is 25.2 Å². The molecule has 0 aliphatic carbocycles. The highest BCUT2D eigenvalue weighted by Crippen LogP contribution is 2.15. The van der Waals surface area contributed by atoms with Crippen LogP contribution in [0.1, 0.15) is 12.3 Å². The lowest BCUT2D eigenvalue weighted by atomic mass is 10.2. The summed E-state index contributed by atoms with van der Waals surface area (Å²) in [6.45, 7) is -1.54. The second-order valence-electron chi connectivity index (χ2n) is 4.77.